The second-order valence-corrected chi connectivity index (χ2v) is 30.0. The van der Waals surface area contributed by atoms with E-state index >= 15 is 0 Å². The Morgan fingerprint density at radius 3 is 0.864 bits per heavy atom. The van der Waals surface area contributed by atoms with Crippen molar-refractivity contribution >= 4 is 31.9 Å². The van der Waals surface area contributed by atoms with Crippen LogP contribution in [0.25, 0.3) is 0 Å². The van der Waals surface area contributed by atoms with Crippen molar-refractivity contribution in [3.8, 4) is 23.0 Å². The molecule has 0 unspecified atom stereocenters. The zero-order valence-electron chi connectivity index (χ0n) is 53.2. The molecule has 1 aliphatic carbocycles. The van der Waals surface area contributed by atoms with E-state index in [2.05, 4.69) is 141 Å². The summed E-state index contributed by atoms with van der Waals surface area (Å²) in [5, 5.41) is 0. The molecule has 0 fully saturated rings. The van der Waals surface area contributed by atoms with Crippen LogP contribution >= 0.6 is 0 Å². The number of rotatable bonds is 10. The molecule has 10 bridgehead atoms. The average Bonchev–Trinajstić information content (AvgIpc) is 0.954. The van der Waals surface area contributed by atoms with Gasteiger partial charge in [-0.2, -0.15) is 0 Å². The third kappa shape index (κ3) is 18.0. The minimum absolute atomic E-state index is 0.0630. The first-order valence-corrected chi connectivity index (χ1v) is 33.1. The summed E-state index contributed by atoms with van der Waals surface area (Å²) in [5.41, 5.74) is 8.37. The maximum Gasteiger partial charge on any atom is 0.271 e. The van der Waals surface area contributed by atoms with Crippen molar-refractivity contribution in [1.82, 2.24) is 9.44 Å². The van der Waals surface area contributed by atoms with Gasteiger partial charge < -0.3 is 37.9 Å². The second kappa shape index (κ2) is 28.4. The maximum absolute atomic E-state index is 14.1. The molecule has 6 aromatic carbocycles. The fraction of sp³-hybridized carbons (Fsp3) is 0.457. The van der Waals surface area contributed by atoms with Crippen molar-refractivity contribution < 1.29 is 64.3 Å². The van der Waals surface area contributed by atoms with Crippen molar-refractivity contribution in [1.29, 1.82) is 0 Å². The molecule has 0 radical (unpaired) electrons. The number of hydrogen-bond donors (Lipinski definition) is 2. The number of fused-ring (bicyclic) bond motifs is 2. The monoisotopic (exact) mass is 1240 g/mol. The molecule has 8 rings (SSSR count). The number of benzene rings is 6. The normalized spacial score (nSPS) is 15.5. The topological polar surface area (TPSA) is 200 Å². The molecule has 6 aromatic rings. The zero-order valence-corrected chi connectivity index (χ0v) is 54.9. The van der Waals surface area contributed by atoms with Gasteiger partial charge >= 0.3 is 0 Å². The van der Waals surface area contributed by atoms with Gasteiger partial charge in [-0.1, -0.05) is 168 Å². The highest BCUT2D eigenvalue weighted by atomic mass is 32.2. The van der Waals surface area contributed by atoms with Crippen LogP contribution in [0.5, 0.6) is 23.0 Å². The van der Waals surface area contributed by atoms with E-state index in [1.165, 1.54) is 24.3 Å². The Hall–Kier alpha value is -6.80. The quantitative estimate of drug-likeness (QED) is 0.131. The van der Waals surface area contributed by atoms with E-state index in [9.17, 15) is 26.4 Å². The van der Waals surface area contributed by atoms with Gasteiger partial charge in [0.1, 0.15) is 36.2 Å². The highest BCUT2D eigenvalue weighted by Crippen LogP contribution is 2.45. The Labute approximate surface area is 521 Å². The minimum atomic E-state index is -4.26. The molecule has 2 aliphatic rings. The fourth-order valence-corrected chi connectivity index (χ4v) is 12.5. The molecule has 1 aliphatic heterocycles. The highest BCUT2D eigenvalue weighted by Gasteiger charge is 2.31. The van der Waals surface area contributed by atoms with Crippen LogP contribution in [-0.4, -0.2) is 108 Å². The Balaban J connectivity index is 1.42. The van der Waals surface area contributed by atoms with Gasteiger partial charge in [0.05, 0.1) is 62.6 Å². The van der Waals surface area contributed by atoms with Crippen molar-refractivity contribution in [3.05, 3.63) is 176 Å². The molecule has 0 atom stereocenters. The van der Waals surface area contributed by atoms with Crippen LogP contribution in [-0.2, 0) is 95.9 Å². The van der Waals surface area contributed by atoms with Gasteiger partial charge in [0.2, 0.25) is 0 Å². The molecule has 88 heavy (non-hydrogen) atoms. The number of hydrogen-bond acceptors (Lipinski definition) is 14. The molecule has 0 saturated heterocycles. The van der Waals surface area contributed by atoms with Crippen LogP contribution < -0.4 is 28.4 Å². The maximum atomic E-state index is 14.1. The molecule has 2 amide bonds. The highest BCUT2D eigenvalue weighted by molar-refractivity contribution is 7.90. The summed E-state index contributed by atoms with van der Waals surface area (Å²) in [6.45, 7) is 27.2. The molecule has 1 heterocycles. The summed E-state index contributed by atoms with van der Waals surface area (Å²) >= 11 is 0. The van der Waals surface area contributed by atoms with Gasteiger partial charge in [0, 0.05) is 25.7 Å². The Bertz CT molecular complexity index is 3320. The summed E-state index contributed by atoms with van der Waals surface area (Å²) in [5.74, 6) is 0.216. The number of sulfonamides is 2. The van der Waals surface area contributed by atoms with Crippen molar-refractivity contribution in [2.75, 3.05) is 79.3 Å². The van der Waals surface area contributed by atoms with E-state index in [4.69, 9.17) is 37.9 Å². The number of amides is 2. The summed E-state index contributed by atoms with van der Waals surface area (Å²) in [6, 6.07) is 32.5. The summed E-state index contributed by atoms with van der Waals surface area (Å²) < 4.78 is 111. The van der Waals surface area contributed by atoms with E-state index in [1.807, 2.05) is 0 Å². The third-order valence-electron chi connectivity index (χ3n) is 15.3. The lowest BCUT2D eigenvalue weighted by Gasteiger charge is -2.29. The van der Waals surface area contributed by atoms with Gasteiger partial charge in [-0.15, -0.1) is 0 Å². The summed E-state index contributed by atoms with van der Waals surface area (Å²) in [7, 11) is -8.52. The van der Waals surface area contributed by atoms with Crippen molar-refractivity contribution in [2.24, 2.45) is 0 Å². The van der Waals surface area contributed by atoms with Crippen LogP contribution in [0.3, 0.4) is 0 Å². The van der Waals surface area contributed by atoms with Gasteiger partial charge in [-0.3, -0.25) is 9.59 Å². The smallest absolute Gasteiger partial charge is 0.271 e. The predicted octanol–water partition coefficient (Wildman–Crippen LogP) is 11.2. The van der Waals surface area contributed by atoms with Crippen LogP contribution in [0.15, 0.2) is 119 Å². The second-order valence-electron chi connectivity index (χ2n) is 26.6. The third-order valence-corrected chi connectivity index (χ3v) is 18.1. The van der Waals surface area contributed by atoms with E-state index < -0.39 is 66.7 Å². The molecule has 2 N–H and O–H groups in total. The van der Waals surface area contributed by atoms with Crippen molar-refractivity contribution in [3.63, 3.8) is 0 Å². The van der Waals surface area contributed by atoms with Crippen LogP contribution in [0.4, 0.5) is 0 Å². The standard InChI is InChI=1S/C70H88N2O14S2/c1-67(2,3)55-37-47-33-51-41-57(69(7,8)9)43-53(65(51)85-45-61(73)71-87(75,76)59-19-15-13-16-20-59)35-49-39-56(68(4,5)6)40-50-36-54-44-58(70(10,11)12)42-52(66(54)86-46-62(74)72-88(77,78)60-21-17-14-18-22-60)34-48(38-55)63(47)83-31-29-81-27-25-79-23-24-80-26-28-82-30-32-84-64(49)50/h13-22,37-44H,23-36,45-46H2,1-12H3,(H,71,73)(H,72,74). The summed E-state index contributed by atoms with van der Waals surface area (Å²) in [6.07, 6.45) is 0.888. The molecule has 0 aromatic heterocycles. The molecule has 0 saturated carbocycles. The lowest BCUT2D eigenvalue weighted by atomic mass is 9.79. The first-order valence-electron chi connectivity index (χ1n) is 30.1. The van der Waals surface area contributed by atoms with Crippen LogP contribution in [0.2, 0.25) is 0 Å². The minimum Gasteiger partial charge on any atom is -0.491 e. The van der Waals surface area contributed by atoms with Gasteiger partial charge in [-0.25, -0.2) is 26.3 Å². The number of nitrogens with one attached hydrogen (secondary N) is 2. The van der Waals surface area contributed by atoms with Gasteiger partial charge in [-0.05, 0) is 113 Å². The van der Waals surface area contributed by atoms with Crippen molar-refractivity contribution in [2.45, 2.75) is 140 Å². The molecule has 18 heteroatoms. The molecule has 16 nitrogen and oxygen atoms in total. The largest absolute Gasteiger partial charge is 0.491 e. The lowest BCUT2D eigenvalue weighted by molar-refractivity contribution is -0.122. The fourth-order valence-electron chi connectivity index (χ4n) is 10.5. The number of carbonyl (C=O) groups excluding carboxylic acids is 2. The Morgan fingerprint density at radius 2 is 0.614 bits per heavy atom. The van der Waals surface area contributed by atoms with E-state index in [1.54, 1.807) is 36.4 Å². The lowest BCUT2D eigenvalue weighted by Crippen LogP contribution is -2.34. The molecule has 0 spiro atoms. The SMILES string of the molecule is CC(C)(C)c1cc2c3c(c1)Cc1cc(C(C)(C)C)cc(c1OCC(=O)NS(=O)(=O)c1ccccc1)Cc1cc(C(C)(C)C)cc(c1OCCOCCOCCOCCOCCO3)Cc1cc(C(C)(C)C)cc(c1OCC(=O)NS(=O)(=O)c1ccccc1)C2. The van der Waals surface area contributed by atoms with Gasteiger partial charge in [0.25, 0.3) is 31.9 Å². The van der Waals surface area contributed by atoms with E-state index in [0.717, 1.165) is 66.8 Å². The first-order chi connectivity index (χ1) is 41.5. The van der Waals surface area contributed by atoms with Crippen LogP contribution in [0.1, 0.15) is 150 Å². The van der Waals surface area contributed by atoms with E-state index in [-0.39, 0.29) is 61.9 Å². The summed E-state index contributed by atoms with van der Waals surface area (Å²) in [4.78, 5) is 28.0. The van der Waals surface area contributed by atoms with Crippen LogP contribution in [0, 0.1) is 0 Å². The predicted molar refractivity (Wildman–Crippen MR) is 341 cm³/mol. The Kier molecular flexibility index (Phi) is 21.6. The molecule has 474 valence electrons. The Morgan fingerprint density at radius 1 is 0.375 bits per heavy atom. The first kappa shape index (κ1) is 67.1. The average molecular weight is 1250 g/mol. The number of carbonyl (C=O) groups is 2. The zero-order chi connectivity index (χ0) is 63.7. The molecular formula is C70H88N2O14S2. The van der Waals surface area contributed by atoms with E-state index in [0.29, 0.717) is 62.6 Å². The van der Waals surface area contributed by atoms with Gasteiger partial charge in [0.15, 0.2) is 13.2 Å². The molecular weight excluding hydrogens is 1160 g/mol. The number of ether oxygens (including phenoxy) is 8.